The number of nitrogens with one attached hydrogen (secondary N) is 1. The Kier molecular flexibility index (Phi) is 5.15. The van der Waals surface area contributed by atoms with Gasteiger partial charge in [0.05, 0.1) is 17.8 Å². The molecule has 2 rings (SSSR count). The smallest absolute Gasteiger partial charge is 0.146 e. The summed E-state index contributed by atoms with van der Waals surface area (Å²) < 4.78 is 15.6. The van der Waals surface area contributed by atoms with Crippen molar-refractivity contribution in [2.75, 3.05) is 6.54 Å². The van der Waals surface area contributed by atoms with Crippen LogP contribution in [0.25, 0.3) is 0 Å². The lowest BCUT2D eigenvalue weighted by Crippen LogP contribution is -2.18. The van der Waals surface area contributed by atoms with Gasteiger partial charge in [-0.2, -0.15) is 5.10 Å². The zero-order valence-corrected chi connectivity index (χ0v) is 12.5. The zero-order chi connectivity index (χ0) is 14.5. The molecule has 20 heavy (non-hydrogen) atoms. The average molecular weight is 296 g/mol. The molecule has 3 nitrogen and oxygen atoms in total. The van der Waals surface area contributed by atoms with Crippen LogP contribution in [0.4, 0.5) is 4.39 Å². The van der Waals surface area contributed by atoms with Crippen molar-refractivity contribution in [3.05, 3.63) is 52.6 Å². The van der Waals surface area contributed by atoms with Gasteiger partial charge in [0, 0.05) is 23.4 Å². The Morgan fingerprint density at radius 1 is 1.45 bits per heavy atom. The predicted octanol–water partition coefficient (Wildman–Crippen LogP) is 3.78. The van der Waals surface area contributed by atoms with Crippen LogP contribution in [0.2, 0.25) is 5.02 Å². The largest absolute Gasteiger partial charge is 0.310 e. The Morgan fingerprint density at radius 3 is 3.00 bits per heavy atom. The number of rotatable bonds is 6. The van der Waals surface area contributed by atoms with Gasteiger partial charge in [0.25, 0.3) is 0 Å². The maximum absolute atomic E-state index is 13.8. The summed E-state index contributed by atoms with van der Waals surface area (Å²) in [4.78, 5) is 0. The quantitative estimate of drug-likeness (QED) is 0.879. The summed E-state index contributed by atoms with van der Waals surface area (Å²) in [6, 6.07) is 5.26. The first-order valence-corrected chi connectivity index (χ1v) is 7.18. The highest BCUT2D eigenvalue weighted by Crippen LogP contribution is 2.19. The summed E-state index contributed by atoms with van der Waals surface area (Å²) >= 11 is 5.78. The van der Waals surface area contributed by atoms with Gasteiger partial charge >= 0.3 is 0 Å². The monoisotopic (exact) mass is 295 g/mol. The lowest BCUT2D eigenvalue weighted by molar-refractivity contribution is 0.567. The minimum absolute atomic E-state index is 0.146. The zero-order valence-electron chi connectivity index (χ0n) is 11.7. The van der Waals surface area contributed by atoms with Gasteiger partial charge in [-0.1, -0.05) is 30.7 Å². The van der Waals surface area contributed by atoms with Gasteiger partial charge in [-0.25, -0.2) is 4.39 Å². The molecule has 1 heterocycles. The summed E-state index contributed by atoms with van der Waals surface area (Å²) in [6.45, 7) is 5.57. The van der Waals surface area contributed by atoms with Crippen molar-refractivity contribution in [1.82, 2.24) is 15.1 Å². The molecule has 108 valence electrons. The van der Waals surface area contributed by atoms with Crippen LogP contribution in [0.1, 0.15) is 37.4 Å². The normalized spacial score (nSPS) is 12.6. The van der Waals surface area contributed by atoms with E-state index in [1.54, 1.807) is 22.9 Å². The summed E-state index contributed by atoms with van der Waals surface area (Å²) in [5, 5.41) is 7.82. The molecule has 0 spiro atoms. The van der Waals surface area contributed by atoms with Crippen molar-refractivity contribution >= 4 is 11.6 Å². The number of benzene rings is 1. The molecule has 0 saturated carbocycles. The lowest BCUT2D eigenvalue weighted by Gasteiger charge is -2.10. The third-order valence-electron chi connectivity index (χ3n) is 3.22. The van der Waals surface area contributed by atoms with Crippen LogP contribution in [0, 0.1) is 5.82 Å². The fourth-order valence-electron chi connectivity index (χ4n) is 2.01. The molecule has 0 bridgehead atoms. The topological polar surface area (TPSA) is 29.9 Å². The van der Waals surface area contributed by atoms with Gasteiger partial charge in [-0.3, -0.25) is 4.68 Å². The third kappa shape index (κ3) is 3.58. The Balaban J connectivity index is 2.07. The maximum Gasteiger partial charge on any atom is 0.146 e. The maximum atomic E-state index is 13.8. The fourth-order valence-corrected chi connectivity index (χ4v) is 2.21. The van der Waals surface area contributed by atoms with Crippen LogP contribution in [0.15, 0.2) is 30.6 Å². The van der Waals surface area contributed by atoms with E-state index in [2.05, 4.69) is 24.3 Å². The van der Waals surface area contributed by atoms with Gasteiger partial charge < -0.3 is 5.32 Å². The standard InChI is InChI=1S/C15H19ClFN3/c1-3-7-18-11(2)13-8-19-20(10-13)9-12-5-4-6-14(16)15(12)17/h4-6,8,10-11,18H,3,7,9H2,1-2H3. The molecule has 0 amide bonds. The van der Waals surface area contributed by atoms with Crippen LogP contribution in [-0.2, 0) is 6.54 Å². The van der Waals surface area contributed by atoms with E-state index in [9.17, 15) is 4.39 Å². The van der Waals surface area contributed by atoms with Gasteiger partial charge in [0.1, 0.15) is 5.82 Å². The van der Waals surface area contributed by atoms with E-state index in [1.165, 1.54) is 0 Å². The Bertz CT molecular complexity index is 568. The number of aromatic nitrogens is 2. The summed E-state index contributed by atoms with van der Waals surface area (Å²) in [5.74, 6) is -0.372. The van der Waals surface area contributed by atoms with Crippen molar-refractivity contribution < 1.29 is 4.39 Å². The molecule has 0 saturated heterocycles. The second-order valence-corrected chi connectivity index (χ2v) is 5.27. The molecule has 2 aromatic rings. The number of hydrogen-bond acceptors (Lipinski definition) is 2. The van der Waals surface area contributed by atoms with E-state index >= 15 is 0 Å². The minimum Gasteiger partial charge on any atom is -0.310 e. The van der Waals surface area contributed by atoms with Gasteiger partial charge in [-0.15, -0.1) is 0 Å². The Morgan fingerprint density at radius 2 is 2.25 bits per heavy atom. The molecule has 0 radical (unpaired) electrons. The van der Waals surface area contributed by atoms with Gasteiger partial charge in [0.2, 0.25) is 0 Å². The van der Waals surface area contributed by atoms with Gasteiger partial charge in [-0.05, 0) is 26.0 Å². The van der Waals surface area contributed by atoms with Crippen molar-refractivity contribution in [2.45, 2.75) is 32.9 Å². The molecule has 1 N–H and O–H groups in total. The number of halogens is 2. The predicted molar refractivity (Wildman–Crippen MR) is 79.4 cm³/mol. The molecule has 1 aromatic carbocycles. The van der Waals surface area contributed by atoms with Crippen molar-refractivity contribution in [2.24, 2.45) is 0 Å². The van der Waals surface area contributed by atoms with Gasteiger partial charge in [0.15, 0.2) is 0 Å². The molecule has 0 aliphatic carbocycles. The second kappa shape index (κ2) is 6.86. The van der Waals surface area contributed by atoms with Crippen LogP contribution in [-0.4, -0.2) is 16.3 Å². The van der Waals surface area contributed by atoms with E-state index in [0.29, 0.717) is 12.1 Å². The summed E-state index contributed by atoms with van der Waals surface area (Å²) in [7, 11) is 0. The summed E-state index contributed by atoms with van der Waals surface area (Å²) in [5.41, 5.74) is 1.64. The first kappa shape index (κ1) is 15.0. The van der Waals surface area contributed by atoms with Crippen molar-refractivity contribution in [3.63, 3.8) is 0 Å². The molecule has 5 heteroatoms. The van der Waals surface area contributed by atoms with Crippen LogP contribution in [0.5, 0.6) is 0 Å². The highest BCUT2D eigenvalue weighted by Gasteiger charge is 2.10. The second-order valence-electron chi connectivity index (χ2n) is 4.86. The molecule has 1 aromatic heterocycles. The van der Waals surface area contributed by atoms with E-state index in [0.717, 1.165) is 18.5 Å². The van der Waals surface area contributed by atoms with Crippen LogP contribution in [0.3, 0.4) is 0 Å². The van der Waals surface area contributed by atoms with Crippen LogP contribution >= 0.6 is 11.6 Å². The Labute approximate surface area is 123 Å². The summed E-state index contributed by atoms with van der Waals surface area (Å²) in [6.07, 6.45) is 4.84. The average Bonchev–Trinajstić information content (AvgIpc) is 2.90. The van der Waals surface area contributed by atoms with Crippen LogP contribution < -0.4 is 5.32 Å². The third-order valence-corrected chi connectivity index (χ3v) is 3.51. The SMILES string of the molecule is CCCNC(C)c1cnn(Cc2cccc(Cl)c2F)c1. The highest BCUT2D eigenvalue weighted by molar-refractivity contribution is 6.30. The van der Waals surface area contributed by atoms with Crippen molar-refractivity contribution in [3.8, 4) is 0 Å². The molecule has 0 aliphatic rings. The molecular formula is C15H19ClFN3. The molecule has 0 fully saturated rings. The molecular weight excluding hydrogens is 277 g/mol. The molecule has 1 unspecified atom stereocenters. The lowest BCUT2D eigenvalue weighted by atomic mass is 10.2. The fraction of sp³-hybridized carbons (Fsp3) is 0.400. The first-order chi connectivity index (χ1) is 9.61. The van der Waals surface area contributed by atoms with E-state index in [4.69, 9.17) is 11.6 Å². The van der Waals surface area contributed by atoms with E-state index in [-0.39, 0.29) is 16.9 Å². The number of hydrogen-bond donors (Lipinski definition) is 1. The minimum atomic E-state index is -0.372. The Hall–Kier alpha value is -1.39. The van der Waals surface area contributed by atoms with Crippen molar-refractivity contribution in [1.29, 1.82) is 0 Å². The van der Waals surface area contributed by atoms with E-state index < -0.39 is 0 Å². The molecule has 1 atom stereocenters. The molecule has 0 aliphatic heterocycles. The first-order valence-electron chi connectivity index (χ1n) is 6.80. The highest BCUT2D eigenvalue weighted by atomic mass is 35.5. The van der Waals surface area contributed by atoms with E-state index in [1.807, 2.05) is 12.4 Å². The number of nitrogens with zero attached hydrogens (tertiary/aromatic N) is 2.